The molecule has 53 heavy (non-hydrogen) atoms. The first-order chi connectivity index (χ1) is 26.3. The average Bonchev–Trinajstić information content (AvgIpc) is 3.91. The fraction of sp³-hybridized carbons (Fsp3) is 0.0435. The van der Waals surface area contributed by atoms with Crippen molar-refractivity contribution >= 4 is 44.2 Å². The second-order valence-electron chi connectivity index (χ2n) is 13.5. The number of imidazole rings is 1. The highest BCUT2D eigenvalue weighted by atomic mass is 15.2. The third-order valence-corrected chi connectivity index (χ3v) is 10.7. The Morgan fingerprint density at radius 3 is 2.02 bits per heavy atom. The summed E-state index contributed by atoms with van der Waals surface area (Å²) in [5, 5.41) is 2.29. The maximum Gasteiger partial charge on any atom is 0.146 e. The van der Waals surface area contributed by atoms with Crippen molar-refractivity contribution < 1.29 is 0 Å². The number of benzene rings is 5. The molecule has 1 aliphatic carbocycles. The Bertz CT molecular complexity index is 2880. The molecule has 7 nitrogen and oxygen atoms in total. The second kappa shape index (κ2) is 11.7. The molecule has 4 aromatic heterocycles. The minimum Gasteiger partial charge on any atom is -0.331 e. The number of anilines is 2. The van der Waals surface area contributed by atoms with E-state index in [9.17, 15) is 0 Å². The molecule has 0 spiro atoms. The van der Waals surface area contributed by atoms with Crippen molar-refractivity contribution in [3.63, 3.8) is 0 Å². The van der Waals surface area contributed by atoms with Crippen molar-refractivity contribution in [3.8, 4) is 33.9 Å². The summed E-state index contributed by atoms with van der Waals surface area (Å²) in [6, 6.07) is 43.1. The van der Waals surface area contributed by atoms with Crippen LogP contribution < -0.4 is 4.90 Å². The Morgan fingerprint density at radius 1 is 0.528 bits per heavy atom. The highest BCUT2D eigenvalue weighted by Gasteiger charge is 2.43. The Hall–Kier alpha value is -7.12. The van der Waals surface area contributed by atoms with E-state index >= 15 is 0 Å². The minimum atomic E-state index is 0.0355. The molecule has 0 saturated heterocycles. The lowest BCUT2D eigenvalue weighted by molar-refractivity contribution is 0.746. The number of pyridine rings is 1. The van der Waals surface area contributed by atoms with Gasteiger partial charge in [-0.2, -0.15) is 0 Å². The number of fused-ring (bicyclic) bond motifs is 10. The van der Waals surface area contributed by atoms with Crippen molar-refractivity contribution in [3.05, 3.63) is 182 Å². The lowest BCUT2D eigenvalue weighted by Gasteiger charge is -2.29. The van der Waals surface area contributed by atoms with E-state index < -0.39 is 0 Å². The SMILES string of the molecule is C1=CC2c3c(c4c(nc(-c5ccncc5)n4-c4cncnc4)c4c5ccccc5n(-c5ccccc5)c34)N(c3ccc(-c4ccccc4)cc3)C2C=C1. The van der Waals surface area contributed by atoms with Crippen LogP contribution in [0.2, 0.25) is 0 Å². The predicted molar refractivity (Wildman–Crippen MR) is 213 cm³/mol. The van der Waals surface area contributed by atoms with Crippen LogP contribution >= 0.6 is 0 Å². The predicted octanol–water partition coefficient (Wildman–Crippen LogP) is 10.4. The summed E-state index contributed by atoms with van der Waals surface area (Å²) in [5.41, 5.74) is 13.1. The van der Waals surface area contributed by atoms with Crippen LogP contribution in [0.1, 0.15) is 11.5 Å². The third kappa shape index (κ3) is 4.40. The normalized spacial score (nSPS) is 16.1. The van der Waals surface area contributed by atoms with Crippen molar-refractivity contribution in [1.29, 1.82) is 0 Å². The first-order valence-electron chi connectivity index (χ1n) is 17.9. The highest BCUT2D eigenvalue weighted by Crippen LogP contribution is 2.56. The minimum absolute atomic E-state index is 0.0355. The standard InChI is InChI=1S/C46H31N7/c1-3-11-30(12-4-1)31-19-21-34(22-20-31)52-39-18-10-8-16-37(39)41-43-40(36-15-7-9-17-38(36)51(43)33-13-5-2-6-14-33)42-45(44(41)52)53(35-27-48-29-49-28-35)46(50-42)32-23-25-47-26-24-32/h1-29,37,39H. The molecule has 9 aromatic rings. The molecule has 7 heteroatoms. The van der Waals surface area contributed by atoms with Gasteiger partial charge in [0.25, 0.3) is 0 Å². The van der Waals surface area contributed by atoms with Gasteiger partial charge in [-0.1, -0.05) is 103 Å². The molecule has 1 aliphatic heterocycles. The van der Waals surface area contributed by atoms with Crippen LogP contribution in [-0.4, -0.2) is 35.1 Å². The van der Waals surface area contributed by atoms with Gasteiger partial charge in [0.15, 0.2) is 0 Å². The molecule has 0 amide bonds. The summed E-state index contributed by atoms with van der Waals surface area (Å²) in [7, 11) is 0. The smallest absolute Gasteiger partial charge is 0.146 e. The molecule has 11 rings (SSSR count). The van der Waals surface area contributed by atoms with Crippen LogP contribution in [0.3, 0.4) is 0 Å². The molecule has 0 saturated carbocycles. The molecule has 2 unspecified atom stereocenters. The van der Waals surface area contributed by atoms with Crippen molar-refractivity contribution in [2.75, 3.05) is 4.90 Å². The first-order valence-corrected chi connectivity index (χ1v) is 17.9. The van der Waals surface area contributed by atoms with Crippen LogP contribution in [0.15, 0.2) is 177 Å². The molecular weight excluding hydrogens is 651 g/mol. The fourth-order valence-electron chi connectivity index (χ4n) is 8.55. The molecule has 0 fully saturated rings. The summed E-state index contributed by atoms with van der Waals surface area (Å²) in [6.45, 7) is 0. The Balaban J connectivity index is 1.34. The van der Waals surface area contributed by atoms with Gasteiger partial charge < -0.3 is 9.47 Å². The maximum absolute atomic E-state index is 5.62. The van der Waals surface area contributed by atoms with E-state index in [0.29, 0.717) is 0 Å². The molecule has 5 heterocycles. The molecule has 2 aliphatic rings. The number of aromatic nitrogens is 6. The number of rotatable bonds is 5. The molecule has 0 bridgehead atoms. The lowest BCUT2D eigenvalue weighted by atomic mass is 9.89. The third-order valence-electron chi connectivity index (χ3n) is 10.7. The number of hydrogen-bond donors (Lipinski definition) is 0. The molecule has 5 aromatic carbocycles. The molecule has 2 atom stereocenters. The van der Waals surface area contributed by atoms with Gasteiger partial charge in [0.05, 0.1) is 46.4 Å². The Labute approximate surface area is 305 Å². The summed E-state index contributed by atoms with van der Waals surface area (Å²) < 4.78 is 4.71. The summed E-state index contributed by atoms with van der Waals surface area (Å²) in [6.07, 6.45) is 18.1. The summed E-state index contributed by atoms with van der Waals surface area (Å²) >= 11 is 0. The van der Waals surface area contributed by atoms with Gasteiger partial charge in [0, 0.05) is 51.6 Å². The average molecular weight is 682 g/mol. The number of nitrogens with zero attached hydrogens (tertiary/aromatic N) is 7. The van der Waals surface area contributed by atoms with Crippen molar-refractivity contribution in [2.24, 2.45) is 0 Å². The molecular formula is C46H31N7. The Kier molecular flexibility index (Phi) is 6.54. The van der Waals surface area contributed by atoms with Crippen LogP contribution in [0.25, 0.3) is 66.7 Å². The van der Waals surface area contributed by atoms with E-state index in [2.05, 4.69) is 162 Å². The van der Waals surface area contributed by atoms with E-state index in [-0.39, 0.29) is 12.0 Å². The van der Waals surface area contributed by atoms with E-state index in [1.807, 2.05) is 36.9 Å². The molecule has 0 radical (unpaired) electrons. The van der Waals surface area contributed by atoms with Gasteiger partial charge in [0.2, 0.25) is 0 Å². The largest absolute Gasteiger partial charge is 0.331 e. The quantitative estimate of drug-likeness (QED) is 0.181. The van der Waals surface area contributed by atoms with Gasteiger partial charge >= 0.3 is 0 Å². The van der Waals surface area contributed by atoms with Gasteiger partial charge in [-0.05, 0) is 53.6 Å². The van der Waals surface area contributed by atoms with Crippen LogP contribution in [0, 0.1) is 0 Å². The number of para-hydroxylation sites is 2. The summed E-state index contributed by atoms with van der Waals surface area (Å²) in [4.78, 5) is 21.5. The second-order valence-corrected chi connectivity index (χ2v) is 13.5. The van der Waals surface area contributed by atoms with Crippen molar-refractivity contribution in [1.82, 2.24) is 29.1 Å². The topological polar surface area (TPSA) is 64.7 Å². The van der Waals surface area contributed by atoms with Crippen LogP contribution in [0.4, 0.5) is 11.4 Å². The van der Waals surface area contributed by atoms with Crippen molar-refractivity contribution in [2.45, 2.75) is 12.0 Å². The van der Waals surface area contributed by atoms with Gasteiger partial charge in [-0.3, -0.25) is 9.55 Å². The Morgan fingerprint density at radius 2 is 1.23 bits per heavy atom. The maximum atomic E-state index is 5.62. The highest BCUT2D eigenvalue weighted by molar-refractivity contribution is 6.25. The summed E-state index contributed by atoms with van der Waals surface area (Å²) in [5.74, 6) is 0.881. The van der Waals surface area contributed by atoms with Gasteiger partial charge in [0.1, 0.15) is 17.7 Å². The molecule has 0 N–H and O–H groups in total. The van der Waals surface area contributed by atoms with E-state index in [4.69, 9.17) is 4.98 Å². The first kappa shape index (κ1) is 29.6. The monoisotopic (exact) mass is 681 g/mol. The van der Waals surface area contributed by atoms with Crippen LogP contribution in [-0.2, 0) is 0 Å². The van der Waals surface area contributed by atoms with Crippen LogP contribution in [0.5, 0.6) is 0 Å². The zero-order valence-electron chi connectivity index (χ0n) is 28.5. The zero-order valence-corrected chi connectivity index (χ0v) is 28.5. The van der Waals surface area contributed by atoms with E-state index in [1.54, 1.807) is 6.33 Å². The number of allylic oxidation sites excluding steroid dienone is 2. The fourth-order valence-corrected chi connectivity index (χ4v) is 8.55. The van der Waals surface area contributed by atoms with Gasteiger partial charge in [-0.25, -0.2) is 15.0 Å². The van der Waals surface area contributed by atoms with E-state index in [1.165, 1.54) is 22.2 Å². The van der Waals surface area contributed by atoms with E-state index in [0.717, 1.165) is 61.5 Å². The zero-order chi connectivity index (χ0) is 34.9. The lowest BCUT2D eigenvalue weighted by Crippen LogP contribution is -2.28. The molecule has 250 valence electrons. The number of hydrogen-bond acceptors (Lipinski definition) is 5. The van der Waals surface area contributed by atoms with Gasteiger partial charge in [-0.15, -0.1) is 0 Å².